The van der Waals surface area contributed by atoms with E-state index < -0.39 is 15.4 Å². The van der Waals surface area contributed by atoms with E-state index in [9.17, 15) is 18.3 Å². The summed E-state index contributed by atoms with van der Waals surface area (Å²) >= 11 is 0. The SMILES string of the molecule is CC(C)CCn1c(=O)c(C2=CS(=O)(=O)c3ccncc3C2)c(O)c2cccnc21. The van der Waals surface area contributed by atoms with Crippen LogP contribution >= 0.6 is 0 Å². The van der Waals surface area contributed by atoms with Gasteiger partial charge in [0, 0.05) is 37.0 Å². The Morgan fingerprint density at radius 2 is 2.03 bits per heavy atom. The Kier molecular flexibility index (Phi) is 4.74. The fourth-order valence-corrected chi connectivity index (χ4v) is 5.06. The molecule has 1 aliphatic rings. The van der Waals surface area contributed by atoms with Crippen LogP contribution in [0.15, 0.2) is 51.9 Å². The Labute approximate surface area is 168 Å². The summed E-state index contributed by atoms with van der Waals surface area (Å²) in [4.78, 5) is 21.8. The van der Waals surface area contributed by atoms with Crippen molar-refractivity contribution in [2.75, 3.05) is 0 Å². The van der Waals surface area contributed by atoms with Gasteiger partial charge >= 0.3 is 0 Å². The van der Waals surface area contributed by atoms with Crippen LogP contribution in [0.2, 0.25) is 0 Å². The molecular weight excluding hydrogens is 390 g/mol. The van der Waals surface area contributed by atoms with Crippen molar-refractivity contribution in [1.29, 1.82) is 0 Å². The summed E-state index contributed by atoms with van der Waals surface area (Å²) in [6.07, 6.45) is 5.42. The van der Waals surface area contributed by atoms with Crippen LogP contribution in [-0.4, -0.2) is 28.1 Å². The topological polar surface area (TPSA) is 102 Å². The average Bonchev–Trinajstić information content (AvgIpc) is 2.67. The molecule has 4 heterocycles. The number of aromatic nitrogens is 3. The second kappa shape index (κ2) is 7.11. The predicted octanol–water partition coefficient (Wildman–Crippen LogP) is 2.91. The van der Waals surface area contributed by atoms with Crippen molar-refractivity contribution in [3.63, 3.8) is 0 Å². The Balaban J connectivity index is 1.98. The zero-order valence-electron chi connectivity index (χ0n) is 16.2. The zero-order chi connectivity index (χ0) is 20.8. The van der Waals surface area contributed by atoms with Crippen LogP contribution in [0.1, 0.15) is 31.4 Å². The second-order valence-electron chi connectivity index (χ2n) is 7.59. The van der Waals surface area contributed by atoms with Crippen molar-refractivity contribution in [1.82, 2.24) is 14.5 Å². The van der Waals surface area contributed by atoms with E-state index in [0.29, 0.717) is 29.1 Å². The van der Waals surface area contributed by atoms with E-state index in [0.717, 1.165) is 11.8 Å². The monoisotopic (exact) mass is 411 g/mol. The quantitative estimate of drug-likeness (QED) is 0.708. The summed E-state index contributed by atoms with van der Waals surface area (Å²) < 4.78 is 27.0. The van der Waals surface area contributed by atoms with Crippen LogP contribution in [0.25, 0.3) is 16.6 Å². The highest BCUT2D eigenvalue weighted by Crippen LogP contribution is 2.36. The molecule has 3 aromatic rings. The van der Waals surface area contributed by atoms with Gasteiger partial charge in [-0.05, 0) is 41.7 Å². The molecule has 7 nitrogen and oxygen atoms in total. The van der Waals surface area contributed by atoms with E-state index in [1.165, 1.54) is 23.0 Å². The van der Waals surface area contributed by atoms with Crippen LogP contribution in [-0.2, 0) is 22.8 Å². The first kappa shape index (κ1) is 19.3. The van der Waals surface area contributed by atoms with Crippen molar-refractivity contribution in [2.24, 2.45) is 5.92 Å². The smallest absolute Gasteiger partial charge is 0.263 e. The standard InChI is InChI=1S/C21H21N3O4S/c1-13(2)6-9-24-20-16(4-3-7-23-20)19(25)18(21(24)26)15-10-14-11-22-8-5-17(14)29(27,28)12-15/h3-5,7-8,11-13,25H,6,9-10H2,1-2H3. The molecule has 4 rings (SSSR count). The maximum Gasteiger partial charge on any atom is 0.263 e. The zero-order valence-corrected chi connectivity index (χ0v) is 17.0. The third-order valence-corrected chi connectivity index (χ3v) is 6.69. The van der Waals surface area contributed by atoms with Gasteiger partial charge in [-0.25, -0.2) is 13.4 Å². The first-order valence-electron chi connectivity index (χ1n) is 9.39. The third-order valence-electron chi connectivity index (χ3n) is 5.09. The van der Waals surface area contributed by atoms with Gasteiger partial charge in [0.2, 0.25) is 9.84 Å². The van der Waals surface area contributed by atoms with Crippen molar-refractivity contribution in [3.8, 4) is 5.75 Å². The Hall–Kier alpha value is -3.00. The molecule has 1 N–H and O–H groups in total. The number of fused-ring (bicyclic) bond motifs is 2. The molecule has 8 heteroatoms. The lowest BCUT2D eigenvalue weighted by Gasteiger charge is -2.20. The van der Waals surface area contributed by atoms with Gasteiger partial charge in [-0.3, -0.25) is 14.3 Å². The summed E-state index contributed by atoms with van der Waals surface area (Å²) in [7, 11) is -3.74. The molecule has 29 heavy (non-hydrogen) atoms. The van der Waals surface area contributed by atoms with E-state index >= 15 is 0 Å². The number of aromatic hydroxyl groups is 1. The van der Waals surface area contributed by atoms with Crippen LogP contribution in [0.3, 0.4) is 0 Å². The van der Waals surface area contributed by atoms with Gasteiger partial charge in [-0.15, -0.1) is 0 Å². The van der Waals surface area contributed by atoms with Gasteiger partial charge in [0.25, 0.3) is 5.56 Å². The van der Waals surface area contributed by atoms with Gasteiger partial charge < -0.3 is 5.11 Å². The van der Waals surface area contributed by atoms with Gasteiger partial charge in [0.1, 0.15) is 11.4 Å². The Bertz CT molecular complexity index is 1310. The second-order valence-corrected chi connectivity index (χ2v) is 9.35. The van der Waals surface area contributed by atoms with E-state index in [-0.39, 0.29) is 28.2 Å². The van der Waals surface area contributed by atoms with E-state index in [4.69, 9.17) is 0 Å². The fourth-order valence-electron chi connectivity index (χ4n) is 3.62. The molecule has 0 spiro atoms. The number of sulfone groups is 1. The normalized spacial score (nSPS) is 15.3. The average molecular weight is 411 g/mol. The highest BCUT2D eigenvalue weighted by atomic mass is 32.2. The summed E-state index contributed by atoms with van der Waals surface area (Å²) in [5.41, 5.74) is 0.720. The number of rotatable bonds is 4. The summed E-state index contributed by atoms with van der Waals surface area (Å²) in [5, 5.41) is 12.4. The molecular formula is C21H21N3O4S. The summed E-state index contributed by atoms with van der Waals surface area (Å²) in [6, 6.07) is 4.80. The molecule has 150 valence electrons. The molecule has 0 aliphatic carbocycles. The van der Waals surface area contributed by atoms with Gasteiger partial charge in [0.15, 0.2) is 0 Å². The van der Waals surface area contributed by atoms with E-state index in [2.05, 4.69) is 23.8 Å². The predicted molar refractivity (Wildman–Crippen MR) is 110 cm³/mol. The van der Waals surface area contributed by atoms with Crippen molar-refractivity contribution < 1.29 is 13.5 Å². The number of hydrogen-bond donors (Lipinski definition) is 1. The summed E-state index contributed by atoms with van der Waals surface area (Å²) in [6.45, 7) is 4.54. The molecule has 0 unspecified atom stereocenters. The number of aryl methyl sites for hydroxylation is 1. The Morgan fingerprint density at radius 1 is 1.24 bits per heavy atom. The lowest BCUT2D eigenvalue weighted by atomic mass is 9.99. The van der Waals surface area contributed by atoms with Crippen LogP contribution < -0.4 is 5.56 Å². The molecule has 0 amide bonds. The Morgan fingerprint density at radius 3 is 2.79 bits per heavy atom. The third kappa shape index (κ3) is 3.33. The number of nitrogens with zero attached hydrogens (tertiary/aromatic N) is 3. The minimum atomic E-state index is -3.74. The summed E-state index contributed by atoms with van der Waals surface area (Å²) in [5.74, 6) is 0.123. The van der Waals surface area contributed by atoms with Gasteiger partial charge in [-0.1, -0.05) is 13.8 Å². The highest BCUT2D eigenvalue weighted by Gasteiger charge is 2.28. The maximum atomic E-state index is 13.4. The molecule has 0 aromatic carbocycles. The fraction of sp³-hybridized carbons (Fsp3) is 0.286. The molecule has 1 aliphatic heterocycles. The molecule has 0 bridgehead atoms. The first-order chi connectivity index (χ1) is 13.8. The minimum absolute atomic E-state index is 0.00679. The van der Waals surface area contributed by atoms with Crippen molar-refractivity contribution >= 4 is 26.4 Å². The van der Waals surface area contributed by atoms with Crippen LogP contribution in [0, 0.1) is 5.92 Å². The molecule has 0 atom stereocenters. The van der Waals surface area contributed by atoms with Crippen LogP contribution in [0.5, 0.6) is 5.75 Å². The molecule has 0 saturated heterocycles. The molecule has 0 fully saturated rings. The van der Waals surface area contributed by atoms with Gasteiger partial charge in [-0.2, -0.15) is 0 Å². The van der Waals surface area contributed by atoms with Crippen molar-refractivity contribution in [2.45, 2.75) is 38.1 Å². The van der Waals surface area contributed by atoms with Crippen LogP contribution in [0.4, 0.5) is 0 Å². The van der Waals surface area contributed by atoms with E-state index in [1.807, 2.05) is 0 Å². The highest BCUT2D eigenvalue weighted by molar-refractivity contribution is 7.94. The number of hydrogen-bond acceptors (Lipinski definition) is 6. The largest absolute Gasteiger partial charge is 0.506 e. The van der Waals surface area contributed by atoms with E-state index in [1.54, 1.807) is 18.3 Å². The first-order valence-corrected chi connectivity index (χ1v) is 10.9. The maximum absolute atomic E-state index is 13.4. The number of allylic oxidation sites excluding steroid dienone is 1. The van der Waals surface area contributed by atoms with Crippen molar-refractivity contribution in [3.05, 3.63) is 63.7 Å². The molecule has 0 saturated carbocycles. The molecule has 3 aromatic heterocycles. The minimum Gasteiger partial charge on any atom is -0.506 e. The molecule has 0 radical (unpaired) electrons. The van der Waals surface area contributed by atoms with Gasteiger partial charge in [0.05, 0.1) is 15.8 Å². The number of pyridine rings is 3. The lowest BCUT2D eigenvalue weighted by Crippen LogP contribution is -2.26. The lowest BCUT2D eigenvalue weighted by molar-refractivity contribution is 0.472.